The summed E-state index contributed by atoms with van der Waals surface area (Å²) in [5.74, 6) is -0.123. The van der Waals surface area contributed by atoms with Gasteiger partial charge in [0.2, 0.25) is 0 Å². The molecule has 144 valence electrons. The third-order valence-electron chi connectivity index (χ3n) is 5.86. The molecule has 2 aromatic rings. The highest BCUT2D eigenvalue weighted by Gasteiger charge is 2.27. The smallest absolute Gasteiger partial charge is 0.127 e. The van der Waals surface area contributed by atoms with Crippen molar-refractivity contribution in [3.05, 3.63) is 107 Å². The van der Waals surface area contributed by atoms with Gasteiger partial charge in [0.15, 0.2) is 0 Å². The highest BCUT2D eigenvalue weighted by Crippen LogP contribution is 2.31. The fourth-order valence-electron chi connectivity index (χ4n) is 4.09. The normalized spacial score (nSPS) is 18.4. The molecule has 1 unspecified atom stereocenters. The molecule has 0 bridgehead atoms. The van der Waals surface area contributed by atoms with E-state index >= 15 is 0 Å². The largest absolute Gasteiger partial charge is 0.349 e. The standard InChI is InChI=1S/C25H27FN2/c1-19-16-23-18-27(20(2)24-10-6-7-11-25(24)26)14-15-28(23)17-22(19)13-12-21-8-4-3-5-9-21/h3-11,16-17,20H,1,12-15,18H2,2H3. The lowest BCUT2D eigenvalue weighted by Crippen LogP contribution is -2.44. The van der Waals surface area contributed by atoms with Crippen molar-refractivity contribution in [1.29, 1.82) is 0 Å². The molecule has 2 aliphatic heterocycles. The summed E-state index contributed by atoms with van der Waals surface area (Å²) in [6.07, 6.45) is 6.50. The van der Waals surface area contributed by atoms with E-state index in [1.165, 1.54) is 16.8 Å². The molecular formula is C25H27FN2. The Kier molecular flexibility index (Phi) is 5.45. The lowest BCUT2D eigenvalue weighted by atomic mass is 9.95. The number of hydrogen-bond donors (Lipinski definition) is 0. The van der Waals surface area contributed by atoms with E-state index in [1.54, 1.807) is 12.1 Å². The Morgan fingerprint density at radius 3 is 2.54 bits per heavy atom. The van der Waals surface area contributed by atoms with Gasteiger partial charge in [0.25, 0.3) is 0 Å². The van der Waals surface area contributed by atoms with Gasteiger partial charge in [-0.3, -0.25) is 4.90 Å². The van der Waals surface area contributed by atoms with Crippen molar-refractivity contribution in [2.45, 2.75) is 25.8 Å². The van der Waals surface area contributed by atoms with E-state index < -0.39 is 0 Å². The van der Waals surface area contributed by atoms with Crippen LogP contribution in [0.4, 0.5) is 4.39 Å². The quantitative estimate of drug-likeness (QED) is 0.684. The Balaban J connectivity index is 1.42. The molecule has 0 radical (unpaired) electrons. The van der Waals surface area contributed by atoms with Crippen LogP contribution in [0.15, 0.2) is 90.3 Å². The van der Waals surface area contributed by atoms with Crippen LogP contribution in [0.2, 0.25) is 0 Å². The summed E-state index contributed by atoms with van der Waals surface area (Å²) in [7, 11) is 0. The van der Waals surface area contributed by atoms with Crippen molar-refractivity contribution in [2.24, 2.45) is 0 Å². The van der Waals surface area contributed by atoms with E-state index in [4.69, 9.17) is 0 Å². The van der Waals surface area contributed by atoms with Gasteiger partial charge in [-0.15, -0.1) is 0 Å². The highest BCUT2D eigenvalue weighted by molar-refractivity contribution is 5.44. The van der Waals surface area contributed by atoms with Crippen molar-refractivity contribution < 1.29 is 4.39 Å². The average molecular weight is 375 g/mol. The van der Waals surface area contributed by atoms with Gasteiger partial charge < -0.3 is 4.90 Å². The van der Waals surface area contributed by atoms with Crippen LogP contribution in [0, 0.1) is 5.82 Å². The Morgan fingerprint density at radius 1 is 1.00 bits per heavy atom. The summed E-state index contributed by atoms with van der Waals surface area (Å²) in [6, 6.07) is 17.7. The maximum atomic E-state index is 14.2. The second-order valence-corrected chi connectivity index (χ2v) is 7.66. The third kappa shape index (κ3) is 3.95. The Bertz CT molecular complexity index is 913. The van der Waals surface area contributed by atoms with Gasteiger partial charge in [0.1, 0.15) is 5.82 Å². The van der Waals surface area contributed by atoms with Crippen molar-refractivity contribution in [1.82, 2.24) is 9.80 Å². The maximum Gasteiger partial charge on any atom is 0.127 e. The summed E-state index contributed by atoms with van der Waals surface area (Å²) < 4.78 is 14.2. The fourth-order valence-corrected chi connectivity index (χ4v) is 4.09. The number of halogens is 1. The molecule has 0 aromatic heterocycles. The number of fused-ring (bicyclic) bond motifs is 1. The Hall–Kier alpha value is -2.65. The molecule has 0 saturated carbocycles. The van der Waals surface area contributed by atoms with E-state index in [-0.39, 0.29) is 11.9 Å². The molecule has 0 N–H and O–H groups in total. The number of piperazine rings is 1. The van der Waals surface area contributed by atoms with Crippen LogP contribution in [0.5, 0.6) is 0 Å². The summed E-state index contributed by atoms with van der Waals surface area (Å²) >= 11 is 0. The second-order valence-electron chi connectivity index (χ2n) is 7.66. The van der Waals surface area contributed by atoms with Crippen LogP contribution in [-0.4, -0.2) is 29.4 Å². The first-order valence-corrected chi connectivity index (χ1v) is 10.0. The molecule has 4 rings (SSSR count). The SMILES string of the molecule is C=C1C=C2CN(C(C)c3ccccc3F)CCN2C=C1CCc1ccccc1. The topological polar surface area (TPSA) is 6.48 Å². The molecule has 0 spiro atoms. The van der Waals surface area contributed by atoms with Crippen LogP contribution in [0.1, 0.15) is 30.5 Å². The number of allylic oxidation sites excluding steroid dienone is 3. The third-order valence-corrected chi connectivity index (χ3v) is 5.86. The first kappa shape index (κ1) is 18.7. The van der Waals surface area contributed by atoms with E-state index in [9.17, 15) is 4.39 Å². The van der Waals surface area contributed by atoms with Gasteiger partial charge in [-0.2, -0.15) is 0 Å². The number of benzene rings is 2. The zero-order valence-electron chi connectivity index (χ0n) is 16.4. The fraction of sp³-hybridized carbons (Fsp3) is 0.280. The van der Waals surface area contributed by atoms with E-state index in [1.807, 2.05) is 12.1 Å². The number of hydrogen-bond acceptors (Lipinski definition) is 2. The molecule has 2 nitrogen and oxygen atoms in total. The summed E-state index contributed by atoms with van der Waals surface area (Å²) in [6.45, 7) is 9.04. The van der Waals surface area contributed by atoms with Crippen molar-refractivity contribution >= 4 is 0 Å². The predicted molar refractivity (Wildman–Crippen MR) is 113 cm³/mol. The van der Waals surface area contributed by atoms with Gasteiger partial charge in [0, 0.05) is 43.1 Å². The van der Waals surface area contributed by atoms with Crippen LogP contribution in [0.3, 0.4) is 0 Å². The minimum atomic E-state index is -0.123. The average Bonchev–Trinajstić information content (AvgIpc) is 2.72. The zero-order valence-corrected chi connectivity index (χ0v) is 16.4. The molecule has 1 saturated heterocycles. The molecule has 3 heteroatoms. The monoisotopic (exact) mass is 374 g/mol. The van der Waals surface area contributed by atoms with Crippen molar-refractivity contribution in [3.8, 4) is 0 Å². The number of aryl methyl sites for hydroxylation is 1. The molecule has 2 aromatic carbocycles. The second kappa shape index (κ2) is 8.15. The minimum Gasteiger partial charge on any atom is -0.349 e. The van der Waals surface area contributed by atoms with Gasteiger partial charge >= 0.3 is 0 Å². The maximum absolute atomic E-state index is 14.2. The lowest BCUT2D eigenvalue weighted by molar-refractivity contribution is 0.159. The van der Waals surface area contributed by atoms with E-state index in [0.29, 0.717) is 0 Å². The first-order valence-electron chi connectivity index (χ1n) is 10.0. The molecule has 1 fully saturated rings. The zero-order chi connectivity index (χ0) is 19.5. The van der Waals surface area contributed by atoms with Crippen LogP contribution >= 0.6 is 0 Å². The molecule has 28 heavy (non-hydrogen) atoms. The molecule has 2 heterocycles. The van der Waals surface area contributed by atoms with Gasteiger partial charge in [-0.05, 0) is 48.6 Å². The first-order chi connectivity index (χ1) is 13.6. The summed E-state index contributed by atoms with van der Waals surface area (Å²) in [4.78, 5) is 4.69. The van der Waals surface area contributed by atoms with E-state index in [2.05, 4.69) is 65.9 Å². The van der Waals surface area contributed by atoms with Crippen LogP contribution < -0.4 is 0 Å². The number of nitrogens with zero attached hydrogens (tertiary/aromatic N) is 2. The molecule has 1 atom stereocenters. The number of rotatable bonds is 5. The lowest BCUT2D eigenvalue weighted by Gasteiger charge is -2.41. The predicted octanol–water partition coefficient (Wildman–Crippen LogP) is 5.47. The van der Waals surface area contributed by atoms with Gasteiger partial charge in [-0.25, -0.2) is 4.39 Å². The Labute approximate surface area is 167 Å². The van der Waals surface area contributed by atoms with Crippen LogP contribution in [0.25, 0.3) is 0 Å². The summed E-state index contributed by atoms with van der Waals surface area (Å²) in [5.41, 5.74) is 5.79. The minimum absolute atomic E-state index is 0.0565. The van der Waals surface area contributed by atoms with Gasteiger partial charge in [-0.1, -0.05) is 55.1 Å². The Morgan fingerprint density at radius 2 is 1.75 bits per heavy atom. The molecule has 2 aliphatic rings. The van der Waals surface area contributed by atoms with Crippen LogP contribution in [-0.2, 0) is 6.42 Å². The molecule has 0 aliphatic carbocycles. The van der Waals surface area contributed by atoms with E-state index in [0.717, 1.165) is 43.6 Å². The highest BCUT2D eigenvalue weighted by atomic mass is 19.1. The van der Waals surface area contributed by atoms with Gasteiger partial charge in [0.05, 0.1) is 0 Å². The van der Waals surface area contributed by atoms with Crippen molar-refractivity contribution in [3.63, 3.8) is 0 Å². The summed E-state index contributed by atoms with van der Waals surface area (Å²) in [5, 5.41) is 0. The molecule has 0 amide bonds. The van der Waals surface area contributed by atoms with Crippen molar-refractivity contribution in [2.75, 3.05) is 19.6 Å². The molecular weight excluding hydrogens is 347 g/mol.